The third kappa shape index (κ3) is 4.56. The fraction of sp³-hybridized carbons (Fsp3) is 0.529. The van der Waals surface area contributed by atoms with Crippen LogP contribution < -0.4 is 5.32 Å². The summed E-state index contributed by atoms with van der Waals surface area (Å²) in [6.45, 7) is 9.14. The van der Waals surface area contributed by atoms with E-state index >= 15 is 0 Å². The van der Waals surface area contributed by atoms with Crippen LogP contribution in [0.15, 0.2) is 24.3 Å². The Labute approximate surface area is 132 Å². The van der Waals surface area contributed by atoms with E-state index in [4.69, 9.17) is 0 Å². The number of nitrogens with zero attached hydrogens (tertiary/aromatic N) is 2. The molecule has 0 unspecified atom stereocenters. The molecule has 5 nitrogen and oxygen atoms in total. The van der Waals surface area contributed by atoms with E-state index in [1.165, 1.54) is 5.56 Å². The van der Waals surface area contributed by atoms with Crippen molar-refractivity contribution in [3.63, 3.8) is 0 Å². The summed E-state index contributed by atoms with van der Waals surface area (Å²) in [5.74, 6) is 0.229. The van der Waals surface area contributed by atoms with Gasteiger partial charge in [0, 0.05) is 37.8 Å². The predicted octanol–water partition coefficient (Wildman–Crippen LogP) is 1.73. The van der Waals surface area contributed by atoms with Crippen molar-refractivity contribution in [1.29, 1.82) is 0 Å². The summed E-state index contributed by atoms with van der Waals surface area (Å²) in [5.41, 5.74) is 1.99. The van der Waals surface area contributed by atoms with Crippen molar-refractivity contribution in [2.45, 2.75) is 20.8 Å². The van der Waals surface area contributed by atoms with E-state index in [1.807, 2.05) is 49.9 Å². The zero-order chi connectivity index (χ0) is 16.1. The lowest BCUT2D eigenvalue weighted by Gasteiger charge is -2.35. The molecule has 5 heteroatoms. The average molecular weight is 303 g/mol. The van der Waals surface area contributed by atoms with Gasteiger partial charge in [-0.1, -0.05) is 31.5 Å². The molecule has 0 aliphatic carbocycles. The van der Waals surface area contributed by atoms with Gasteiger partial charge in [-0.2, -0.15) is 0 Å². The van der Waals surface area contributed by atoms with E-state index in [-0.39, 0.29) is 17.7 Å². The summed E-state index contributed by atoms with van der Waals surface area (Å²) in [6.07, 6.45) is 0. The van der Waals surface area contributed by atoms with E-state index in [0.29, 0.717) is 19.6 Å². The number of hydrogen-bond donors (Lipinski definition) is 1. The topological polar surface area (TPSA) is 52.7 Å². The third-order valence-electron chi connectivity index (χ3n) is 3.88. The second-order valence-electron chi connectivity index (χ2n) is 6.17. The summed E-state index contributed by atoms with van der Waals surface area (Å²) >= 11 is 0. The van der Waals surface area contributed by atoms with E-state index in [0.717, 1.165) is 18.8 Å². The molecule has 0 saturated carbocycles. The molecule has 120 valence electrons. The largest absolute Gasteiger partial charge is 0.340 e. The molecule has 1 aromatic carbocycles. The molecule has 0 bridgehead atoms. The van der Waals surface area contributed by atoms with Crippen LogP contribution in [0.1, 0.15) is 19.4 Å². The first-order valence-corrected chi connectivity index (χ1v) is 7.83. The number of amides is 2. The minimum atomic E-state index is -0.00695. The van der Waals surface area contributed by atoms with Gasteiger partial charge in [-0.25, -0.2) is 0 Å². The van der Waals surface area contributed by atoms with Gasteiger partial charge in [-0.05, 0) is 19.1 Å². The Morgan fingerprint density at radius 1 is 1.09 bits per heavy atom. The molecular formula is C17H25N3O2. The van der Waals surface area contributed by atoms with Gasteiger partial charge < -0.3 is 10.2 Å². The van der Waals surface area contributed by atoms with Gasteiger partial charge in [0.25, 0.3) is 0 Å². The van der Waals surface area contributed by atoms with Gasteiger partial charge >= 0.3 is 0 Å². The number of anilines is 1. The Kier molecular flexibility index (Phi) is 5.55. The second kappa shape index (κ2) is 7.40. The Morgan fingerprint density at radius 3 is 2.23 bits per heavy atom. The number of aryl methyl sites for hydroxylation is 1. The van der Waals surface area contributed by atoms with Crippen LogP contribution in [-0.2, 0) is 9.59 Å². The maximum atomic E-state index is 12.1. The van der Waals surface area contributed by atoms with Gasteiger partial charge in [0.15, 0.2) is 0 Å². The molecule has 1 aliphatic rings. The van der Waals surface area contributed by atoms with Crippen molar-refractivity contribution in [2.24, 2.45) is 5.92 Å². The molecule has 1 fully saturated rings. The fourth-order valence-electron chi connectivity index (χ4n) is 2.53. The molecule has 0 spiro atoms. The summed E-state index contributed by atoms with van der Waals surface area (Å²) in [4.78, 5) is 28.0. The highest BCUT2D eigenvalue weighted by Crippen LogP contribution is 2.10. The predicted molar refractivity (Wildman–Crippen MR) is 87.7 cm³/mol. The molecule has 0 radical (unpaired) electrons. The van der Waals surface area contributed by atoms with Crippen LogP contribution in [0.3, 0.4) is 0 Å². The van der Waals surface area contributed by atoms with Crippen molar-refractivity contribution >= 4 is 17.5 Å². The van der Waals surface area contributed by atoms with Crippen LogP contribution in [0.5, 0.6) is 0 Å². The molecule has 2 rings (SSSR count). The number of piperazine rings is 1. The van der Waals surface area contributed by atoms with E-state index in [9.17, 15) is 9.59 Å². The summed E-state index contributed by atoms with van der Waals surface area (Å²) in [7, 11) is 0. The van der Waals surface area contributed by atoms with Gasteiger partial charge in [0.1, 0.15) is 0 Å². The maximum absolute atomic E-state index is 12.1. The standard InChI is InChI=1S/C17H25N3O2/c1-13(2)17(22)20-10-8-19(9-11-20)12-16(21)18-15-6-4-14(3)5-7-15/h4-7,13H,8-12H2,1-3H3,(H,18,21). The lowest BCUT2D eigenvalue weighted by molar-refractivity contribution is -0.136. The molecule has 0 atom stereocenters. The first kappa shape index (κ1) is 16.5. The first-order chi connectivity index (χ1) is 10.5. The van der Waals surface area contributed by atoms with Gasteiger partial charge in [0.05, 0.1) is 6.54 Å². The molecule has 1 heterocycles. The van der Waals surface area contributed by atoms with Gasteiger partial charge in [-0.3, -0.25) is 14.5 Å². The smallest absolute Gasteiger partial charge is 0.238 e. The van der Waals surface area contributed by atoms with Crippen molar-refractivity contribution in [2.75, 3.05) is 38.0 Å². The van der Waals surface area contributed by atoms with Crippen molar-refractivity contribution < 1.29 is 9.59 Å². The number of carbonyl (C=O) groups excluding carboxylic acids is 2. The van der Waals surface area contributed by atoms with Crippen molar-refractivity contribution in [1.82, 2.24) is 9.80 Å². The van der Waals surface area contributed by atoms with Gasteiger partial charge in [0.2, 0.25) is 11.8 Å². The number of rotatable bonds is 4. The van der Waals surface area contributed by atoms with Crippen molar-refractivity contribution in [3.8, 4) is 0 Å². The normalized spacial score (nSPS) is 15.9. The van der Waals surface area contributed by atoms with Crippen LogP contribution >= 0.6 is 0 Å². The van der Waals surface area contributed by atoms with E-state index in [2.05, 4.69) is 10.2 Å². The minimum Gasteiger partial charge on any atom is -0.340 e. The average Bonchev–Trinajstić information content (AvgIpc) is 2.49. The molecule has 1 aromatic rings. The van der Waals surface area contributed by atoms with Crippen LogP contribution in [0.2, 0.25) is 0 Å². The summed E-state index contributed by atoms with van der Waals surface area (Å²) < 4.78 is 0. The molecule has 1 saturated heterocycles. The van der Waals surface area contributed by atoms with Crippen LogP contribution in [0.4, 0.5) is 5.69 Å². The number of nitrogens with one attached hydrogen (secondary N) is 1. The lowest BCUT2D eigenvalue weighted by Crippen LogP contribution is -2.51. The fourth-order valence-corrected chi connectivity index (χ4v) is 2.53. The molecule has 0 aromatic heterocycles. The minimum absolute atomic E-state index is 0.00695. The Morgan fingerprint density at radius 2 is 1.68 bits per heavy atom. The molecule has 1 aliphatic heterocycles. The maximum Gasteiger partial charge on any atom is 0.238 e. The highest BCUT2D eigenvalue weighted by Gasteiger charge is 2.23. The Hall–Kier alpha value is -1.88. The number of hydrogen-bond acceptors (Lipinski definition) is 3. The quantitative estimate of drug-likeness (QED) is 0.922. The number of benzene rings is 1. The van der Waals surface area contributed by atoms with Crippen molar-refractivity contribution in [3.05, 3.63) is 29.8 Å². The zero-order valence-electron chi connectivity index (χ0n) is 13.6. The number of carbonyl (C=O) groups is 2. The first-order valence-electron chi connectivity index (χ1n) is 7.83. The molecule has 2 amide bonds. The Balaban J connectivity index is 1.77. The van der Waals surface area contributed by atoms with E-state index < -0.39 is 0 Å². The monoisotopic (exact) mass is 303 g/mol. The highest BCUT2D eigenvalue weighted by molar-refractivity contribution is 5.92. The lowest BCUT2D eigenvalue weighted by atomic mass is 10.1. The van der Waals surface area contributed by atoms with Crippen LogP contribution in [0, 0.1) is 12.8 Å². The van der Waals surface area contributed by atoms with Gasteiger partial charge in [-0.15, -0.1) is 0 Å². The Bertz CT molecular complexity index is 517. The second-order valence-corrected chi connectivity index (χ2v) is 6.17. The van der Waals surface area contributed by atoms with Crippen LogP contribution in [-0.4, -0.2) is 54.3 Å². The van der Waals surface area contributed by atoms with E-state index in [1.54, 1.807) is 0 Å². The molecule has 1 N–H and O–H groups in total. The van der Waals surface area contributed by atoms with Crippen LogP contribution in [0.25, 0.3) is 0 Å². The molecule has 22 heavy (non-hydrogen) atoms. The third-order valence-corrected chi connectivity index (χ3v) is 3.88. The molecular weight excluding hydrogens is 278 g/mol. The highest BCUT2D eigenvalue weighted by atomic mass is 16.2. The summed E-state index contributed by atoms with van der Waals surface area (Å²) in [6, 6.07) is 7.77. The zero-order valence-corrected chi connectivity index (χ0v) is 13.6. The SMILES string of the molecule is Cc1ccc(NC(=O)CN2CCN(C(=O)C(C)C)CC2)cc1. The summed E-state index contributed by atoms with van der Waals surface area (Å²) in [5, 5.41) is 2.91.